The molecule has 14 heavy (non-hydrogen) atoms. The van der Waals surface area contributed by atoms with E-state index in [2.05, 4.69) is 23.3 Å². The molecule has 0 spiro atoms. The third kappa shape index (κ3) is 3.59. The van der Waals surface area contributed by atoms with Crippen LogP contribution in [-0.2, 0) is 4.74 Å². The van der Waals surface area contributed by atoms with Gasteiger partial charge in [-0.15, -0.1) is 12.4 Å². The Kier molecular flexibility index (Phi) is 5.56. The van der Waals surface area contributed by atoms with E-state index in [1.54, 1.807) is 0 Å². The van der Waals surface area contributed by atoms with Gasteiger partial charge in [-0.2, -0.15) is 12.6 Å². The van der Waals surface area contributed by atoms with Crippen molar-refractivity contribution in [2.75, 3.05) is 26.2 Å². The number of halogens is 1. The standard InChI is InChI=1S/C9H18N2OS.ClH/c13-9-3-7(11-5-9)6-12-8-1-2-10-4-8;/h7-11,13H,1-6H2;1H/t7-,8+,9-;/m0./s1. The summed E-state index contributed by atoms with van der Waals surface area (Å²) in [6, 6.07) is 0.531. The molecule has 0 unspecified atom stereocenters. The van der Waals surface area contributed by atoms with Crippen molar-refractivity contribution < 1.29 is 4.74 Å². The number of thiol groups is 1. The zero-order valence-corrected chi connectivity index (χ0v) is 9.95. The van der Waals surface area contributed by atoms with Gasteiger partial charge in [0.2, 0.25) is 0 Å². The average molecular weight is 239 g/mol. The number of hydrogen-bond acceptors (Lipinski definition) is 4. The van der Waals surface area contributed by atoms with Gasteiger partial charge in [-0.3, -0.25) is 0 Å². The second-order valence-corrected chi connectivity index (χ2v) is 4.67. The van der Waals surface area contributed by atoms with Gasteiger partial charge in [0.1, 0.15) is 0 Å². The van der Waals surface area contributed by atoms with Crippen molar-refractivity contribution in [1.29, 1.82) is 0 Å². The largest absolute Gasteiger partial charge is 0.375 e. The molecule has 84 valence electrons. The molecule has 2 N–H and O–H groups in total. The summed E-state index contributed by atoms with van der Waals surface area (Å²) in [6.45, 7) is 4.01. The highest BCUT2D eigenvalue weighted by atomic mass is 35.5. The molecular formula is C9H19ClN2OS. The average Bonchev–Trinajstić information content (AvgIpc) is 2.71. The van der Waals surface area contributed by atoms with Crippen molar-refractivity contribution in [3.63, 3.8) is 0 Å². The number of nitrogens with one attached hydrogen (secondary N) is 2. The summed E-state index contributed by atoms with van der Waals surface area (Å²) in [5.41, 5.74) is 0. The summed E-state index contributed by atoms with van der Waals surface area (Å²) in [5.74, 6) is 0. The molecule has 2 heterocycles. The molecule has 2 saturated heterocycles. The Balaban J connectivity index is 0.000000980. The van der Waals surface area contributed by atoms with Crippen molar-refractivity contribution in [2.45, 2.75) is 30.2 Å². The molecule has 0 amide bonds. The summed E-state index contributed by atoms with van der Waals surface area (Å²) < 4.78 is 5.78. The van der Waals surface area contributed by atoms with Crippen LogP contribution in [0.3, 0.4) is 0 Å². The fourth-order valence-electron chi connectivity index (χ4n) is 1.95. The summed E-state index contributed by atoms with van der Waals surface area (Å²) in [4.78, 5) is 0. The van der Waals surface area contributed by atoms with Gasteiger partial charge in [0.15, 0.2) is 0 Å². The Morgan fingerprint density at radius 2 is 2.21 bits per heavy atom. The van der Waals surface area contributed by atoms with Crippen LogP contribution >= 0.6 is 25.0 Å². The Labute approximate surface area is 97.2 Å². The first-order chi connectivity index (χ1) is 6.34. The van der Waals surface area contributed by atoms with E-state index < -0.39 is 0 Å². The maximum Gasteiger partial charge on any atom is 0.0712 e. The molecule has 2 fully saturated rings. The van der Waals surface area contributed by atoms with Crippen LogP contribution in [0.25, 0.3) is 0 Å². The molecule has 0 aromatic carbocycles. The molecule has 0 saturated carbocycles. The highest BCUT2D eigenvalue weighted by Gasteiger charge is 2.23. The zero-order chi connectivity index (χ0) is 9.10. The molecule has 3 nitrogen and oxygen atoms in total. The molecule has 2 rings (SSSR count). The maximum atomic E-state index is 5.78. The summed E-state index contributed by atoms with van der Waals surface area (Å²) in [7, 11) is 0. The molecule has 0 aromatic heterocycles. The van der Waals surface area contributed by atoms with Crippen LogP contribution in [0.15, 0.2) is 0 Å². The number of rotatable bonds is 3. The van der Waals surface area contributed by atoms with E-state index in [1.807, 2.05) is 0 Å². The minimum absolute atomic E-state index is 0. The van der Waals surface area contributed by atoms with Crippen LogP contribution in [0.4, 0.5) is 0 Å². The second-order valence-electron chi connectivity index (χ2n) is 3.94. The first-order valence-corrected chi connectivity index (χ1v) is 5.60. The van der Waals surface area contributed by atoms with Gasteiger partial charge in [-0.25, -0.2) is 0 Å². The Bertz CT molecular complexity index is 167. The Hall–Kier alpha value is 0.520. The fraction of sp³-hybridized carbons (Fsp3) is 1.00. The summed E-state index contributed by atoms with van der Waals surface area (Å²) in [5, 5.41) is 7.23. The van der Waals surface area contributed by atoms with Crippen LogP contribution < -0.4 is 10.6 Å². The van der Waals surface area contributed by atoms with E-state index in [0.717, 1.165) is 39.1 Å². The number of hydrogen-bond donors (Lipinski definition) is 3. The van der Waals surface area contributed by atoms with E-state index in [9.17, 15) is 0 Å². The molecule has 0 aromatic rings. The molecule has 0 bridgehead atoms. The van der Waals surface area contributed by atoms with Crippen LogP contribution in [0.1, 0.15) is 12.8 Å². The second kappa shape index (κ2) is 6.18. The van der Waals surface area contributed by atoms with E-state index >= 15 is 0 Å². The van der Waals surface area contributed by atoms with Gasteiger partial charge in [0.05, 0.1) is 12.7 Å². The molecule has 2 aliphatic heterocycles. The monoisotopic (exact) mass is 238 g/mol. The van der Waals surface area contributed by atoms with E-state index in [1.165, 1.54) is 0 Å². The minimum Gasteiger partial charge on any atom is -0.375 e. The predicted octanol–water partition coefficient (Wildman–Crippen LogP) is 0.447. The minimum atomic E-state index is 0. The van der Waals surface area contributed by atoms with Crippen molar-refractivity contribution in [1.82, 2.24) is 10.6 Å². The Morgan fingerprint density at radius 1 is 1.36 bits per heavy atom. The zero-order valence-electron chi connectivity index (χ0n) is 8.24. The van der Waals surface area contributed by atoms with E-state index in [0.29, 0.717) is 17.4 Å². The normalized spacial score (nSPS) is 37.1. The van der Waals surface area contributed by atoms with Crippen LogP contribution in [0.2, 0.25) is 0 Å². The molecule has 2 aliphatic rings. The van der Waals surface area contributed by atoms with Crippen molar-refractivity contribution >= 4 is 25.0 Å². The highest BCUT2D eigenvalue weighted by Crippen LogP contribution is 2.13. The van der Waals surface area contributed by atoms with E-state index in [4.69, 9.17) is 4.74 Å². The van der Waals surface area contributed by atoms with Crippen molar-refractivity contribution in [2.24, 2.45) is 0 Å². The van der Waals surface area contributed by atoms with Gasteiger partial charge in [-0.1, -0.05) is 0 Å². The molecule has 3 atom stereocenters. The highest BCUT2D eigenvalue weighted by molar-refractivity contribution is 7.81. The topological polar surface area (TPSA) is 33.3 Å². The van der Waals surface area contributed by atoms with Crippen molar-refractivity contribution in [3.8, 4) is 0 Å². The molecule has 0 radical (unpaired) electrons. The third-order valence-electron chi connectivity index (χ3n) is 2.75. The smallest absolute Gasteiger partial charge is 0.0712 e. The first-order valence-electron chi connectivity index (χ1n) is 5.08. The maximum absolute atomic E-state index is 5.78. The fourth-order valence-corrected chi connectivity index (χ4v) is 2.31. The van der Waals surface area contributed by atoms with Crippen LogP contribution in [0, 0.1) is 0 Å². The quantitative estimate of drug-likeness (QED) is 0.625. The lowest BCUT2D eigenvalue weighted by Gasteiger charge is -2.14. The van der Waals surface area contributed by atoms with E-state index in [-0.39, 0.29) is 12.4 Å². The van der Waals surface area contributed by atoms with Gasteiger partial charge >= 0.3 is 0 Å². The van der Waals surface area contributed by atoms with Gasteiger partial charge in [-0.05, 0) is 19.4 Å². The molecular weight excluding hydrogens is 220 g/mol. The SMILES string of the molecule is Cl.S[C@@H]1CN[C@H](CO[C@@H]2CCNC2)C1. The lowest BCUT2D eigenvalue weighted by Crippen LogP contribution is -2.30. The molecule has 5 heteroatoms. The Morgan fingerprint density at radius 3 is 2.79 bits per heavy atom. The first kappa shape index (κ1) is 12.6. The summed E-state index contributed by atoms with van der Waals surface area (Å²) in [6.07, 6.45) is 2.75. The van der Waals surface area contributed by atoms with Gasteiger partial charge < -0.3 is 15.4 Å². The van der Waals surface area contributed by atoms with Crippen LogP contribution in [-0.4, -0.2) is 43.6 Å². The lowest BCUT2D eigenvalue weighted by atomic mass is 10.2. The lowest BCUT2D eigenvalue weighted by molar-refractivity contribution is 0.0541. The van der Waals surface area contributed by atoms with Crippen LogP contribution in [0.5, 0.6) is 0 Å². The van der Waals surface area contributed by atoms with Gasteiger partial charge in [0, 0.05) is 24.4 Å². The van der Waals surface area contributed by atoms with Gasteiger partial charge in [0.25, 0.3) is 0 Å². The number of ether oxygens (including phenoxy) is 1. The predicted molar refractivity (Wildman–Crippen MR) is 63.7 cm³/mol. The third-order valence-corrected chi connectivity index (χ3v) is 3.14. The van der Waals surface area contributed by atoms with Crippen molar-refractivity contribution in [3.05, 3.63) is 0 Å². The molecule has 0 aliphatic carbocycles. The summed E-state index contributed by atoms with van der Waals surface area (Å²) >= 11 is 4.42.